The fraction of sp³-hybridized carbons (Fsp3) is 0.250. The molecule has 3 heterocycles. The van der Waals surface area contributed by atoms with E-state index < -0.39 is 5.91 Å². The van der Waals surface area contributed by atoms with Gasteiger partial charge in [-0.05, 0) is 19.1 Å². The summed E-state index contributed by atoms with van der Waals surface area (Å²) < 4.78 is 5.26. The summed E-state index contributed by atoms with van der Waals surface area (Å²) in [6.07, 6.45) is 0. The summed E-state index contributed by atoms with van der Waals surface area (Å²) in [5, 5.41) is 11.3. The van der Waals surface area contributed by atoms with Crippen LogP contribution in [0.4, 0.5) is 16.8 Å². The Morgan fingerprint density at radius 3 is 3.05 bits per heavy atom. The second kappa shape index (κ2) is 5.56. The van der Waals surface area contributed by atoms with Crippen molar-refractivity contribution in [2.75, 3.05) is 29.1 Å². The number of ether oxygens (including phenoxy) is 1. The zero-order valence-electron chi connectivity index (χ0n) is 11.6. The number of nitrogens with one attached hydrogen (secondary N) is 1. The molecule has 3 N–H and O–H groups in total. The van der Waals surface area contributed by atoms with Crippen LogP contribution in [0.5, 0.6) is 5.75 Å². The highest BCUT2D eigenvalue weighted by atomic mass is 32.1. The zero-order valence-corrected chi connectivity index (χ0v) is 12.4. The monoisotopic (exact) mass is 320 g/mol. The van der Waals surface area contributed by atoms with Gasteiger partial charge in [-0.1, -0.05) is 11.3 Å². The summed E-state index contributed by atoms with van der Waals surface area (Å²) in [6, 6.07) is 3.18. The van der Waals surface area contributed by atoms with Crippen molar-refractivity contribution in [1.29, 1.82) is 0 Å². The van der Waals surface area contributed by atoms with Gasteiger partial charge < -0.3 is 10.5 Å². The van der Waals surface area contributed by atoms with E-state index in [2.05, 4.69) is 20.5 Å². The Kier molecular flexibility index (Phi) is 3.59. The highest BCUT2D eigenvalue weighted by molar-refractivity contribution is 7.15. The number of rotatable bonds is 3. The van der Waals surface area contributed by atoms with Crippen LogP contribution >= 0.6 is 11.3 Å². The van der Waals surface area contributed by atoms with E-state index in [4.69, 9.17) is 10.5 Å². The predicted molar refractivity (Wildman–Crippen MR) is 79.8 cm³/mol. The van der Waals surface area contributed by atoms with E-state index in [0.717, 1.165) is 5.01 Å². The normalized spacial score (nSPS) is 13.5. The number of fused-ring (bicyclic) bond motifs is 1. The lowest BCUT2D eigenvalue weighted by molar-refractivity contribution is -0.123. The Balaban J connectivity index is 1.78. The van der Waals surface area contributed by atoms with E-state index in [1.54, 1.807) is 19.1 Å². The summed E-state index contributed by atoms with van der Waals surface area (Å²) in [6.45, 7) is 1.43. The average Bonchev–Trinajstić information content (AvgIpc) is 2.87. The second-order valence-corrected chi connectivity index (χ2v) is 5.68. The molecule has 0 aliphatic carbocycles. The molecule has 10 heteroatoms. The summed E-state index contributed by atoms with van der Waals surface area (Å²) in [5.41, 5.74) is 5.62. The van der Waals surface area contributed by atoms with Crippen LogP contribution in [-0.4, -0.2) is 40.1 Å². The van der Waals surface area contributed by atoms with Crippen LogP contribution in [0.3, 0.4) is 0 Å². The van der Waals surface area contributed by atoms with Gasteiger partial charge in [0.05, 0.1) is 0 Å². The molecule has 0 saturated heterocycles. The van der Waals surface area contributed by atoms with Gasteiger partial charge in [0.2, 0.25) is 11.0 Å². The fourth-order valence-electron chi connectivity index (χ4n) is 1.90. The second-order valence-electron chi connectivity index (χ2n) is 4.50. The summed E-state index contributed by atoms with van der Waals surface area (Å²) in [7, 11) is 0. The number of pyridine rings is 1. The van der Waals surface area contributed by atoms with Crippen molar-refractivity contribution in [3.63, 3.8) is 0 Å². The van der Waals surface area contributed by atoms with E-state index in [-0.39, 0.29) is 30.7 Å². The number of amides is 2. The van der Waals surface area contributed by atoms with Crippen LogP contribution in [0, 0.1) is 6.92 Å². The Morgan fingerprint density at radius 1 is 1.50 bits per heavy atom. The number of nitrogen functional groups attached to an aromatic ring is 1. The number of anilines is 3. The van der Waals surface area contributed by atoms with Gasteiger partial charge in [0.15, 0.2) is 18.2 Å². The van der Waals surface area contributed by atoms with E-state index in [1.807, 2.05) is 0 Å². The summed E-state index contributed by atoms with van der Waals surface area (Å²) in [4.78, 5) is 29.3. The van der Waals surface area contributed by atoms with Gasteiger partial charge in [0.25, 0.3) is 5.91 Å². The Hall–Kier alpha value is -2.75. The number of nitrogens with zero attached hydrogens (tertiary/aromatic N) is 4. The first kappa shape index (κ1) is 14.2. The number of nitrogens with two attached hydrogens (primary N) is 1. The molecule has 0 spiro atoms. The molecule has 1 aliphatic rings. The minimum absolute atomic E-state index is 0.149. The lowest BCUT2D eigenvalue weighted by atomic mass is 10.3. The number of aromatic nitrogens is 3. The van der Waals surface area contributed by atoms with Crippen LogP contribution in [0.15, 0.2) is 12.1 Å². The molecule has 1 aliphatic heterocycles. The molecule has 0 bridgehead atoms. The van der Waals surface area contributed by atoms with Gasteiger partial charge in [-0.3, -0.25) is 19.8 Å². The third kappa shape index (κ3) is 2.81. The van der Waals surface area contributed by atoms with E-state index in [9.17, 15) is 9.59 Å². The van der Waals surface area contributed by atoms with Crippen molar-refractivity contribution in [2.45, 2.75) is 6.92 Å². The maximum atomic E-state index is 12.1. The average molecular weight is 320 g/mol. The quantitative estimate of drug-likeness (QED) is 0.827. The van der Waals surface area contributed by atoms with Crippen molar-refractivity contribution < 1.29 is 14.3 Å². The summed E-state index contributed by atoms with van der Waals surface area (Å²) >= 11 is 1.25. The molecule has 0 fully saturated rings. The lowest BCUT2D eigenvalue weighted by Gasteiger charge is -2.27. The predicted octanol–water partition coefficient (Wildman–Crippen LogP) is 0.188. The van der Waals surface area contributed by atoms with E-state index >= 15 is 0 Å². The van der Waals surface area contributed by atoms with Gasteiger partial charge in [-0.15, -0.1) is 10.2 Å². The standard InChI is InChI=1S/C12H12N6O3S/c1-6-16-17-12(22-6)15-9(19)4-18-10(20)5-21-7-2-3-8(13)14-11(7)18/h2-3H,4-5H2,1H3,(H2,13,14)(H,15,17,19). The molecular weight excluding hydrogens is 308 g/mol. The van der Waals surface area contributed by atoms with Crippen molar-refractivity contribution in [2.24, 2.45) is 0 Å². The molecule has 0 radical (unpaired) electrons. The van der Waals surface area contributed by atoms with Crippen LogP contribution in [-0.2, 0) is 9.59 Å². The summed E-state index contributed by atoms with van der Waals surface area (Å²) in [5.74, 6) is 0.117. The largest absolute Gasteiger partial charge is 0.480 e. The van der Waals surface area contributed by atoms with Crippen molar-refractivity contribution in [3.05, 3.63) is 17.1 Å². The molecule has 0 unspecified atom stereocenters. The van der Waals surface area contributed by atoms with Crippen LogP contribution in [0.2, 0.25) is 0 Å². The van der Waals surface area contributed by atoms with Crippen LogP contribution in [0.1, 0.15) is 5.01 Å². The molecule has 22 heavy (non-hydrogen) atoms. The molecular formula is C12H12N6O3S. The van der Waals surface area contributed by atoms with Gasteiger partial charge in [-0.2, -0.15) is 0 Å². The molecule has 114 valence electrons. The first-order valence-electron chi connectivity index (χ1n) is 6.32. The van der Waals surface area contributed by atoms with Crippen LogP contribution in [0.25, 0.3) is 0 Å². The minimum Gasteiger partial charge on any atom is -0.480 e. The molecule has 0 aromatic carbocycles. The zero-order chi connectivity index (χ0) is 15.7. The number of carbonyl (C=O) groups is 2. The van der Waals surface area contributed by atoms with Gasteiger partial charge in [0, 0.05) is 0 Å². The number of carbonyl (C=O) groups excluding carboxylic acids is 2. The first-order valence-corrected chi connectivity index (χ1v) is 7.14. The Morgan fingerprint density at radius 2 is 2.32 bits per heavy atom. The molecule has 3 rings (SSSR count). The SMILES string of the molecule is Cc1nnc(NC(=O)CN2C(=O)COc3ccc(N)nc32)s1. The van der Waals surface area contributed by atoms with E-state index in [0.29, 0.717) is 10.9 Å². The maximum Gasteiger partial charge on any atom is 0.266 e. The number of aryl methyl sites for hydroxylation is 1. The molecule has 2 aromatic heterocycles. The smallest absolute Gasteiger partial charge is 0.266 e. The maximum absolute atomic E-state index is 12.1. The Bertz CT molecular complexity index is 746. The van der Waals surface area contributed by atoms with E-state index in [1.165, 1.54) is 16.2 Å². The number of hydrogen-bond donors (Lipinski definition) is 2. The molecule has 0 saturated carbocycles. The van der Waals surface area contributed by atoms with Crippen molar-refractivity contribution >= 4 is 39.9 Å². The Labute approximate surface area is 129 Å². The van der Waals surface area contributed by atoms with Gasteiger partial charge in [0.1, 0.15) is 17.4 Å². The number of hydrogen-bond acceptors (Lipinski definition) is 8. The third-order valence-corrected chi connectivity index (χ3v) is 3.60. The third-order valence-electron chi connectivity index (χ3n) is 2.84. The topological polar surface area (TPSA) is 123 Å². The van der Waals surface area contributed by atoms with Gasteiger partial charge >= 0.3 is 0 Å². The first-order chi connectivity index (χ1) is 10.5. The van der Waals surface area contributed by atoms with Crippen molar-refractivity contribution in [1.82, 2.24) is 15.2 Å². The fourth-order valence-corrected chi connectivity index (χ4v) is 2.51. The molecule has 0 atom stereocenters. The molecule has 2 aromatic rings. The molecule has 9 nitrogen and oxygen atoms in total. The highest BCUT2D eigenvalue weighted by Crippen LogP contribution is 2.30. The molecule has 2 amide bonds. The van der Waals surface area contributed by atoms with Crippen LogP contribution < -0.4 is 20.7 Å². The lowest BCUT2D eigenvalue weighted by Crippen LogP contribution is -2.44. The highest BCUT2D eigenvalue weighted by Gasteiger charge is 2.29. The minimum atomic E-state index is -0.401. The van der Waals surface area contributed by atoms with Gasteiger partial charge in [-0.25, -0.2) is 4.98 Å². The van der Waals surface area contributed by atoms with Crippen molar-refractivity contribution in [3.8, 4) is 5.75 Å².